The number of benzene rings is 1. The Balaban J connectivity index is 1.78. The molecule has 0 atom stereocenters. The van der Waals surface area contributed by atoms with Gasteiger partial charge in [0, 0.05) is 39.3 Å². The van der Waals surface area contributed by atoms with Crippen LogP contribution in [0, 0.1) is 17.2 Å². The largest absolute Gasteiger partial charge is 0.388 e. The second kappa shape index (κ2) is 10.2. The minimum atomic E-state index is -0.224. The fourth-order valence-electron chi connectivity index (χ4n) is 3.08. The van der Waals surface area contributed by atoms with Crippen molar-refractivity contribution in [2.75, 3.05) is 26.2 Å². The molecule has 26 heavy (non-hydrogen) atoms. The summed E-state index contributed by atoms with van der Waals surface area (Å²) in [4.78, 5) is 25.0. The van der Waals surface area contributed by atoms with Crippen LogP contribution < -0.4 is 10.6 Å². The lowest BCUT2D eigenvalue weighted by atomic mass is 9.90. The monoisotopic (exact) mass is 354 g/mol. The van der Waals surface area contributed by atoms with Crippen molar-refractivity contribution in [3.63, 3.8) is 0 Å². The van der Waals surface area contributed by atoms with Gasteiger partial charge in [-0.05, 0) is 30.7 Å². The zero-order valence-electron chi connectivity index (χ0n) is 15.2. The number of piperidine rings is 1. The van der Waals surface area contributed by atoms with Crippen molar-refractivity contribution < 1.29 is 9.59 Å². The number of hydrogen-bond acceptors (Lipinski definition) is 4. The molecule has 0 aliphatic carbocycles. The van der Waals surface area contributed by atoms with Gasteiger partial charge in [0.15, 0.2) is 0 Å². The van der Waals surface area contributed by atoms with Crippen LogP contribution in [-0.2, 0) is 16.0 Å². The number of amides is 2. The fourth-order valence-corrected chi connectivity index (χ4v) is 3.08. The minimum Gasteiger partial charge on any atom is -0.388 e. The van der Waals surface area contributed by atoms with E-state index in [2.05, 4.69) is 34.9 Å². The lowest BCUT2D eigenvalue weighted by Crippen LogP contribution is -2.39. The summed E-state index contributed by atoms with van der Waals surface area (Å²) in [5.74, 6) is 0.246. The number of carbonyl (C=O) groups is 2. The quantitative estimate of drug-likeness (QED) is 0.442. The van der Waals surface area contributed by atoms with Gasteiger partial charge in [0.25, 0.3) is 5.91 Å². The number of likely N-dealkylation sites (tertiary alicyclic amines) is 1. The Morgan fingerprint density at radius 1 is 1.23 bits per heavy atom. The molecule has 1 aromatic carbocycles. The molecule has 0 unspecified atom stereocenters. The summed E-state index contributed by atoms with van der Waals surface area (Å²) in [6.07, 6.45) is 4.39. The molecule has 6 nitrogen and oxygen atoms in total. The standard InChI is InChI=1S/C20H26N4O2/c1-16(25)23-10-9-22-15-19(14-21)20(26)24-11-7-18(8-12-24)13-17-5-3-2-4-6-17/h2-6,15,18,22H,7-13H2,1H3,(H,23,25)/b19-15-. The van der Waals surface area contributed by atoms with Crippen LogP contribution in [-0.4, -0.2) is 42.9 Å². The van der Waals surface area contributed by atoms with E-state index >= 15 is 0 Å². The molecule has 2 N–H and O–H groups in total. The SMILES string of the molecule is CC(=O)NCCN/C=C(/C#N)C(=O)N1CCC(Cc2ccccc2)CC1. The maximum Gasteiger partial charge on any atom is 0.265 e. The van der Waals surface area contributed by atoms with Gasteiger partial charge in [-0.1, -0.05) is 30.3 Å². The molecule has 0 aromatic heterocycles. The first-order chi connectivity index (χ1) is 12.6. The number of hydrogen-bond donors (Lipinski definition) is 2. The predicted molar refractivity (Wildman–Crippen MR) is 99.8 cm³/mol. The van der Waals surface area contributed by atoms with Crippen LogP contribution in [0.4, 0.5) is 0 Å². The average Bonchev–Trinajstić information content (AvgIpc) is 2.65. The summed E-state index contributed by atoms with van der Waals surface area (Å²) in [7, 11) is 0. The topological polar surface area (TPSA) is 85.2 Å². The molecule has 0 saturated carbocycles. The second-order valence-corrected chi connectivity index (χ2v) is 6.53. The molecule has 1 aromatic rings. The van der Waals surface area contributed by atoms with E-state index in [1.165, 1.54) is 18.7 Å². The fraction of sp³-hybridized carbons (Fsp3) is 0.450. The second-order valence-electron chi connectivity index (χ2n) is 6.53. The number of rotatable bonds is 7. The molecule has 1 fully saturated rings. The summed E-state index contributed by atoms with van der Waals surface area (Å²) in [6, 6.07) is 12.4. The Bertz CT molecular complexity index is 671. The lowest BCUT2D eigenvalue weighted by molar-refractivity contribution is -0.128. The van der Waals surface area contributed by atoms with Crippen molar-refractivity contribution in [2.24, 2.45) is 5.92 Å². The molecule has 0 radical (unpaired) electrons. The van der Waals surface area contributed by atoms with Gasteiger partial charge in [-0.25, -0.2) is 0 Å². The van der Waals surface area contributed by atoms with E-state index in [-0.39, 0.29) is 17.4 Å². The van der Waals surface area contributed by atoms with E-state index in [1.54, 1.807) is 4.90 Å². The number of nitrogens with zero attached hydrogens (tertiary/aromatic N) is 2. The van der Waals surface area contributed by atoms with E-state index in [0.717, 1.165) is 19.3 Å². The van der Waals surface area contributed by atoms with Crippen LogP contribution in [0.3, 0.4) is 0 Å². The predicted octanol–water partition coefficient (Wildman–Crippen LogP) is 1.60. The van der Waals surface area contributed by atoms with E-state index in [4.69, 9.17) is 0 Å². The van der Waals surface area contributed by atoms with Gasteiger partial charge < -0.3 is 15.5 Å². The molecular weight excluding hydrogens is 328 g/mol. The number of nitriles is 1. The molecule has 6 heteroatoms. The first-order valence-electron chi connectivity index (χ1n) is 9.01. The molecule has 1 saturated heterocycles. The van der Waals surface area contributed by atoms with Crippen molar-refractivity contribution in [3.8, 4) is 6.07 Å². The maximum atomic E-state index is 12.5. The molecular formula is C20H26N4O2. The Morgan fingerprint density at radius 3 is 2.54 bits per heavy atom. The van der Waals surface area contributed by atoms with Crippen molar-refractivity contribution >= 4 is 11.8 Å². The van der Waals surface area contributed by atoms with Crippen LogP contribution in [0.5, 0.6) is 0 Å². The van der Waals surface area contributed by atoms with Crippen molar-refractivity contribution in [1.29, 1.82) is 5.26 Å². The summed E-state index contributed by atoms with van der Waals surface area (Å²) < 4.78 is 0. The zero-order chi connectivity index (χ0) is 18.8. The van der Waals surface area contributed by atoms with Gasteiger partial charge in [0.1, 0.15) is 11.6 Å². The first kappa shape index (κ1) is 19.5. The van der Waals surface area contributed by atoms with Gasteiger partial charge >= 0.3 is 0 Å². The van der Waals surface area contributed by atoms with Crippen LogP contribution in [0.25, 0.3) is 0 Å². The van der Waals surface area contributed by atoms with Gasteiger partial charge in [0.2, 0.25) is 5.91 Å². The van der Waals surface area contributed by atoms with Crippen LogP contribution in [0.2, 0.25) is 0 Å². The molecule has 138 valence electrons. The molecule has 0 bridgehead atoms. The molecule has 1 aliphatic rings. The van der Waals surface area contributed by atoms with Gasteiger partial charge in [-0.3, -0.25) is 9.59 Å². The van der Waals surface area contributed by atoms with E-state index in [9.17, 15) is 14.9 Å². The Labute approximate surface area is 154 Å². The normalized spacial score (nSPS) is 15.2. The van der Waals surface area contributed by atoms with E-state index in [0.29, 0.717) is 32.1 Å². The third kappa shape index (κ3) is 6.25. The Hall–Kier alpha value is -2.81. The smallest absolute Gasteiger partial charge is 0.265 e. The number of nitrogens with one attached hydrogen (secondary N) is 2. The van der Waals surface area contributed by atoms with E-state index < -0.39 is 0 Å². The Kier molecular flexibility index (Phi) is 7.69. The minimum absolute atomic E-state index is 0.106. The first-order valence-corrected chi connectivity index (χ1v) is 9.01. The highest BCUT2D eigenvalue weighted by atomic mass is 16.2. The zero-order valence-corrected chi connectivity index (χ0v) is 15.2. The Morgan fingerprint density at radius 2 is 1.92 bits per heavy atom. The molecule has 0 spiro atoms. The van der Waals surface area contributed by atoms with Crippen molar-refractivity contribution in [3.05, 3.63) is 47.7 Å². The van der Waals surface area contributed by atoms with Crippen molar-refractivity contribution in [1.82, 2.24) is 15.5 Å². The van der Waals surface area contributed by atoms with Crippen LogP contribution >= 0.6 is 0 Å². The average molecular weight is 354 g/mol. The third-order valence-corrected chi connectivity index (χ3v) is 4.51. The molecule has 2 rings (SSSR count). The molecule has 1 aliphatic heterocycles. The lowest BCUT2D eigenvalue weighted by Gasteiger charge is -2.32. The highest BCUT2D eigenvalue weighted by Gasteiger charge is 2.25. The third-order valence-electron chi connectivity index (χ3n) is 4.51. The maximum absolute atomic E-state index is 12.5. The molecule has 1 heterocycles. The number of carbonyl (C=O) groups excluding carboxylic acids is 2. The summed E-state index contributed by atoms with van der Waals surface area (Å²) >= 11 is 0. The van der Waals surface area contributed by atoms with Crippen LogP contribution in [0.1, 0.15) is 25.3 Å². The van der Waals surface area contributed by atoms with Gasteiger partial charge in [0.05, 0.1) is 0 Å². The van der Waals surface area contributed by atoms with E-state index in [1.807, 2.05) is 12.1 Å². The summed E-state index contributed by atoms with van der Waals surface area (Å²) in [6.45, 7) is 3.73. The van der Waals surface area contributed by atoms with Gasteiger partial charge in [-0.15, -0.1) is 0 Å². The summed E-state index contributed by atoms with van der Waals surface area (Å²) in [5, 5.41) is 14.8. The highest BCUT2D eigenvalue weighted by Crippen LogP contribution is 2.22. The van der Waals surface area contributed by atoms with Crippen molar-refractivity contribution in [2.45, 2.75) is 26.2 Å². The summed E-state index contributed by atoms with van der Waals surface area (Å²) in [5.41, 5.74) is 1.44. The molecule has 2 amide bonds. The van der Waals surface area contributed by atoms with Crippen LogP contribution in [0.15, 0.2) is 42.1 Å². The highest BCUT2D eigenvalue weighted by molar-refractivity contribution is 5.97. The van der Waals surface area contributed by atoms with Gasteiger partial charge in [-0.2, -0.15) is 5.26 Å².